The third-order valence-corrected chi connectivity index (χ3v) is 7.19. The molecule has 1 saturated heterocycles. The number of aryl methyl sites for hydroxylation is 1. The average molecular weight is 452 g/mol. The molecule has 4 rings (SSSR count). The number of rotatable bonds is 5. The maximum absolute atomic E-state index is 12.8. The topological polar surface area (TPSA) is 56.7 Å². The van der Waals surface area contributed by atoms with Crippen LogP contribution >= 0.6 is 11.9 Å². The SMILES string of the molecule is CCC1CN(c2ccc(C(F)(F)F)cn2)CCN1Sc1ccc2c(c1)C(C(=O)O)CC2. The lowest BCUT2D eigenvalue weighted by molar-refractivity contribution is -0.139. The molecule has 2 aromatic rings. The predicted molar refractivity (Wildman–Crippen MR) is 113 cm³/mol. The third kappa shape index (κ3) is 4.67. The van der Waals surface area contributed by atoms with Crippen molar-refractivity contribution in [2.75, 3.05) is 24.5 Å². The number of anilines is 1. The second-order valence-electron chi connectivity index (χ2n) is 7.93. The number of aromatic nitrogens is 1. The number of carboxylic acid groups (broad SMARTS) is 1. The summed E-state index contributed by atoms with van der Waals surface area (Å²) in [7, 11) is 0. The number of pyridine rings is 1. The first kappa shape index (κ1) is 22.0. The van der Waals surface area contributed by atoms with Gasteiger partial charge in [-0.25, -0.2) is 9.29 Å². The van der Waals surface area contributed by atoms with E-state index in [-0.39, 0.29) is 6.04 Å². The Morgan fingerprint density at radius 2 is 2.06 bits per heavy atom. The van der Waals surface area contributed by atoms with E-state index in [1.807, 2.05) is 23.1 Å². The van der Waals surface area contributed by atoms with E-state index in [0.717, 1.165) is 47.7 Å². The van der Waals surface area contributed by atoms with Crippen molar-refractivity contribution in [1.29, 1.82) is 0 Å². The highest BCUT2D eigenvalue weighted by Gasteiger charge is 2.33. The number of halogens is 3. The van der Waals surface area contributed by atoms with Gasteiger partial charge in [0, 0.05) is 36.8 Å². The molecule has 2 heterocycles. The zero-order valence-electron chi connectivity index (χ0n) is 17.1. The number of nitrogens with zero attached hydrogens (tertiary/aromatic N) is 3. The smallest absolute Gasteiger partial charge is 0.417 e. The van der Waals surface area contributed by atoms with Crippen LogP contribution in [-0.2, 0) is 17.4 Å². The Labute approximate surface area is 183 Å². The molecule has 5 nitrogen and oxygen atoms in total. The summed E-state index contributed by atoms with van der Waals surface area (Å²) in [4.78, 5) is 18.6. The standard InChI is InChI=1S/C22H24F3N3O2S/c1-2-16-13-27(20-8-5-15(12-26-20)22(23,24)25)9-10-28(16)31-17-6-3-14-4-7-18(21(29)30)19(14)11-17/h3,5-6,8,11-12,16,18H,2,4,7,9-10,13H2,1H3,(H,29,30). The lowest BCUT2D eigenvalue weighted by atomic mass is 10.0. The van der Waals surface area contributed by atoms with E-state index in [2.05, 4.69) is 16.2 Å². The zero-order valence-corrected chi connectivity index (χ0v) is 17.9. The van der Waals surface area contributed by atoms with Gasteiger partial charge in [0.1, 0.15) is 5.82 Å². The summed E-state index contributed by atoms with van der Waals surface area (Å²) in [5, 5.41) is 9.46. The van der Waals surface area contributed by atoms with Crippen LogP contribution in [-0.4, -0.2) is 46.0 Å². The van der Waals surface area contributed by atoms with Crippen molar-refractivity contribution in [3.05, 3.63) is 53.2 Å². The van der Waals surface area contributed by atoms with Crippen molar-refractivity contribution in [2.45, 2.75) is 49.2 Å². The fraction of sp³-hybridized carbons (Fsp3) is 0.455. The van der Waals surface area contributed by atoms with Gasteiger partial charge in [0.25, 0.3) is 0 Å². The van der Waals surface area contributed by atoms with Gasteiger partial charge in [-0.1, -0.05) is 13.0 Å². The molecule has 0 amide bonds. The number of alkyl halides is 3. The van der Waals surface area contributed by atoms with Crippen LogP contribution in [0.3, 0.4) is 0 Å². The summed E-state index contributed by atoms with van der Waals surface area (Å²) < 4.78 is 40.7. The van der Waals surface area contributed by atoms with Crippen molar-refractivity contribution in [3.8, 4) is 0 Å². The summed E-state index contributed by atoms with van der Waals surface area (Å²) in [5.74, 6) is -0.650. The quantitative estimate of drug-likeness (QED) is 0.658. The van der Waals surface area contributed by atoms with E-state index in [0.29, 0.717) is 25.3 Å². The molecule has 1 N–H and O–H groups in total. The Morgan fingerprint density at radius 1 is 1.26 bits per heavy atom. The molecule has 0 saturated carbocycles. The van der Waals surface area contributed by atoms with Gasteiger partial charge >= 0.3 is 12.1 Å². The van der Waals surface area contributed by atoms with Crippen LogP contribution in [0.1, 0.15) is 42.4 Å². The van der Waals surface area contributed by atoms with Crippen LogP contribution in [0.5, 0.6) is 0 Å². The fourth-order valence-corrected chi connectivity index (χ4v) is 5.39. The van der Waals surface area contributed by atoms with Gasteiger partial charge in [0.15, 0.2) is 0 Å². The van der Waals surface area contributed by atoms with E-state index < -0.39 is 23.6 Å². The number of aliphatic carboxylic acids is 1. The van der Waals surface area contributed by atoms with Crippen LogP contribution in [0.4, 0.5) is 19.0 Å². The molecule has 1 aliphatic heterocycles. The van der Waals surface area contributed by atoms with Crippen LogP contribution < -0.4 is 4.90 Å². The molecule has 0 spiro atoms. The van der Waals surface area contributed by atoms with Gasteiger partial charge in [0.2, 0.25) is 0 Å². The Morgan fingerprint density at radius 3 is 2.71 bits per heavy atom. The van der Waals surface area contributed by atoms with Gasteiger partial charge in [0.05, 0.1) is 11.5 Å². The average Bonchev–Trinajstić information content (AvgIpc) is 3.17. The Balaban J connectivity index is 1.44. The minimum absolute atomic E-state index is 0.200. The number of benzene rings is 1. The molecular formula is C22H24F3N3O2S. The summed E-state index contributed by atoms with van der Waals surface area (Å²) in [6, 6.07) is 8.79. The predicted octanol–water partition coefficient (Wildman–Crippen LogP) is 4.82. The first-order valence-electron chi connectivity index (χ1n) is 10.3. The number of hydrogen-bond acceptors (Lipinski definition) is 5. The van der Waals surface area contributed by atoms with Crippen LogP contribution in [0.15, 0.2) is 41.4 Å². The monoisotopic (exact) mass is 451 g/mol. The van der Waals surface area contributed by atoms with E-state index in [4.69, 9.17) is 0 Å². The molecule has 1 aromatic carbocycles. The lowest BCUT2D eigenvalue weighted by Crippen LogP contribution is -2.50. The molecule has 1 aromatic heterocycles. The van der Waals surface area contributed by atoms with E-state index in [9.17, 15) is 23.1 Å². The molecular weight excluding hydrogens is 427 g/mol. The number of carboxylic acids is 1. The number of carbonyl (C=O) groups is 1. The minimum Gasteiger partial charge on any atom is -0.481 e. The van der Waals surface area contributed by atoms with Gasteiger partial charge in [-0.3, -0.25) is 4.79 Å². The molecule has 9 heteroatoms. The normalized spacial score (nSPS) is 21.9. The van der Waals surface area contributed by atoms with Crippen LogP contribution in [0.2, 0.25) is 0 Å². The second kappa shape index (κ2) is 8.70. The molecule has 0 radical (unpaired) electrons. The first-order chi connectivity index (χ1) is 14.8. The number of hydrogen-bond donors (Lipinski definition) is 1. The number of fused-ring (bicyclic) bond motifs is 1. The second-order valence-corrected chi connectivity index (χ2v) is 9.06. The Kier molecular flexibility index (Phi) is 6.16. The summed E-state index contributed by atoms with van der Waals surface area (Å²) in [6.45, 7) is 4.14. The summed E-state index contributed by atoms with van der Waals surface area (Å²) in [5.41, 5.74) is 1.29. The third-order valence-electron chi connectivity index (χ3n) is 6.02. The maximum atomic E-state index is 12.8. The van der Waals surface area contributed by atoms with Gasteiger partial charge in [-0.15, -0.1) is 0 Å². The molecule has 2 atom stereocenters. The molecule has 31 heavy (non-hydrogen) atoms. The van der Waals surface area contributed by atoms with Crippen molar-refractivity contribution in [3.63, 3.8) is 0 Å². The highest BCUT2D eigenvalue weighted by Crippen LogP contribution is 2.38. The van der Waals surface area contributed by atoms with E-state index >= 15 is 0 Å². The zero-order chi connectivity index (χ0) is 22.2. The van der Waals surface area contributed by atoms with Crippen molar-refractivity contribution in [2.24, 2.45) is 0 Å². The molecule has 1 fully saturated rings. The van der Waals surface area contributed by atoms with Gasteiger partial charge in [-0.2, -0.15) is 13.2 Å². The molecule has 166 valence electrons. The lowest BCUT2D eigenvalue weighted by Gasteiger charge is -2.41. The van der Waals surface area contributed by atoms with Gasteiger partial charge in [-0.05, 0) is 66.6 Å². The summed E-state index contributed by atoms with van der Waals surface area (Å²) in [6.07, 6.45) is -1.17. The maximum Gasteiger partial charge on any atom is 0.417 e. The van der Waals surface area contributed by atoms with Gasteiger partial charge < -0.3 is 10.0 Å². The fourth-order valence-electron chi connectivity index (χ4n) is 4.27. The summed E-state index contributed by atoms with van der Waals surface area (Å²) >= 11 is 1.62. The Hall–Kier alpha value is -2.26. The van der Waals surface area contributed by atoms with Crippen LogP contribution in [0, 0.1) is 0 Å². The highest BCUT2D eigenvalue weighted by atomic mass is 32.2. The largest absolute Gasteiger partial charge is 0.481 e. The molecule has 0 bridgehead atoms. The van der Waals surface area contributed by atoms with E-state index in [1.165, 1.54) is 6.07 Å². The van der Waals surface area contributed by atoms with Crippen LogP contribution in [0.25, 0.3) is 0 Å². The molecule has 2 aliphatic rings. The molecule has 1 aliphatic carbocycles. The van der Waals surface area contributed by atoms with Crippen molar-refractivity contribution < 1.29 is 23.1 Å². The Bertz CT molecular complexity index is 952. The first-order valence-corrected chi connectivity index (χ1v) is 11.1. The highest BCUT2D eigenvalue weighted by molar-refractivity contribution is 7.97. The van der Waals surface area contributed by atoms with E-state index in [1.54, 1.807) is 11.9 Å². The van der Waals surface area contributed by atoms with Crippen molar-refractivity contribution >= 4 is 23.7 Å². The molecule has 2 unspecified atom stereocenters. The van der Waals surface area contributed by atoms with Crippen molar-refractivity contribution in [1.82, 2.24) is 9.29 Å². The minimum atomic E-state index is -4.39. The number of piperazine rings is 1.